The van der Waals surface area contributed by atoms with Crippen molar-refractivity contribution in [1.29, 1.82) is 0 Å². The molecule has 0 fully saturated rings. The molecule has 0 aromatic heterocycles. The number of thioether (sulfide) groups is 1. The highest BCUT2D eigenvalue weighted by molar-refractivity contribution is 8.03. The van der Waals surface area contributed by atoms with E-state index in [2.05, 4.69) is 5.32 Å². The van der Waals surface area contributed by atoms with Crippen molar-refractivity contribution in [3.63, 3.8) is 0 Å². The Hall–Kier alpha value is -0.150. The van der Waals surface area contributed by atoms with E-state index in [-0.39, 0.29) is 5.37 Å². The summed E-state index contributed by atoms with van der Waals surface area (Å²) in [4.78, 5) is 0. The minimum absolute atomic E-state index is 0.123. The van der Waals surface area contributed by atoms with Crippen LogP contribution in [0.4, 0.5) is 0 Å². The van der Waals surface area contributed by atoms with Crippen LogP contribution in [0.15, 0.2) is 11.6 Å². The molecule has 1 rings (SSSR count). The number of aliphatic hydroxyl groups is 1. The zero-order chi connectivity index (χ0) is 6.91. The van der Waals surface area contributed by atoms with Gasteiger partial charge in [-0.05, 0) is 19.3 Å². The van der Waals surface area contributed by atoms with Crippen LogP contribution in [-0.2, 0) is 0 Å². The van der Waals surface area contributed by atoms with Gasteiger partial charge in [0, 0.05) is 6.20 Å². The average Bonchev–Trinajstić information content (AvgIpc) is 2.08. The first kappa shape index (κ1) is 6.96. The summed E-state index contributed by atoms with van der Waals surface area (Å²) in [5, 5.41) is 14.5. The van der Waals surface area contributed by atoms with Gasteiger partial charge >= 0.3 is 0 Å². The lowest BCUT2D eigenvalue weighted by atomic mass is 10.1. The van der Waals surface area contributed by atoms with Gasteiger partial charge in [0.05, 0.1) is 5.60 Å². The molecule has 9 heavy (non-hydrogen) atoms. The zero-order valence-corrected chi connectivity index (χ0v) is 6.40. The maximum absolute atomic E-state index is 9.39. The van der Waals surface area contributed by atoms with E-state index in [0.717, 1.165) is 0 Å². The third kappa shape index (κ3) is 1.63. The van der Waals surface area contributed by atoms with E-state index >= 15 is 0 Å². The van der Waals surface area contributed by atoms with Gasteiger partial charge in [0.15, 0.2) is 0 Å². The van der Waals surface area contributed by atoms with Crippen LogP contribution in [0, 0.1) is 0 Å². The molecule has 0 spiro atoms. The van der Waals surface area contributed by atoms with Crippen molar-refractivity contribution in [1.82, 2.24) is 5.32 Å². The fraction of sp³-hybridized carbons (Fsp3) is 0.667. The highest BCUT2D eigenvalue weighted by Gasteiger charge is 2.27. The van der Waals surface area contributed by atoms with E-state index in [1.54, 1.807) is 25.6 Å². The summed E-state index contributed by atoms with van der Waals surface area (Å²) in [5.41, 5.74) is -0.631. The van der Waals surface area contributed by atoms with Gasteiger partial charge in [-0.1, -0.05) is 0 Å². The van der Waals surface area contributed by atoms with Crippen molar-refractivity contribution in [2.45, 2.75) is 24.8 Å². The van der Waals surface area contributed by atoms with Crippen LogP contribution in [0.1, 0.15) is 13.8 Å². The number of rotatable bonds is 1. The molecule has 1 unspecified atom stereocenters. The van der Waals surface area contributed by atoms with Crippen LogP contribution in [0.5, 0.6) is 0 Å². The Bertz CT molecular complexity index is 120. The third-order valence-corrected chi connectivity index (χ3v) is 2.45. The fourth-order valence-electron chi connectivity index (χ4n) is 0.654. The normalized spacial score (nSPS) is 26.3. The first-order valence-corrected chi connectivity index (χ1v) is 3.84. The second-order valence-corrected chi connectivity index (χ2v) is 3.65. The van der Waals surface area contributed by atoms with E-state index in [0.29, 0.717) is 0 Å². The van der Waals surface area contributed by atoms with Crippen molar-refractivity contribution >= 4 is 11.8 Å². The molecule has 0 saturated carbocycles. The smallest absolute Gasteiger partial charge is 0.104 e. The minimum Gasteiger partial charge on any atom is -0.387 e. The summed E-state index contributed by atoms with van der Waals surface area (Å²) >= 11 is 1.61. The average molecular weight is 145 g/mol. The molecule has 2 N–H and O–H groups in total. The summed E-state index contributed by atoms with van der Waals surface area (Å²) in [7, 11) is 0. The molecular weight excluding hydrogens is 134 g/mol. The van der Waals surface area contributed by atoms with Gasteiger partial charge in [-0.25, -0.2) is 0 Å². The van der Waals surface area contributed by atoms with Crippen molar-refractivity contribution in [3.8, 4) is 0 Å². The standard InChI is InChI=1S/C6H11NOS/c1-6(2,8)5-7-3-4-9-5/h3-5,7-8H,1-2H3. The van der Waals surface area contributed by atoms with E-state index in [1.165, 1.54) is 0 Å². The Morgan fingerprint density at radius 1 is 1.67 bits per heavy atom. The first-order chi connectivity index (χ1) is 4.11. The molecule has 0 bridgehead atoms. The Morgan fingerprint density at radius 3 is 2.56 bits per heavy atom. The van der Waals surface area contributed by atoms with E-state index < -0.39 is 5.60 Å². The molecule has 52 valence electrons. The lowest BCUT2D eigenvalue weighted by Gasteiger charge is -2.24. The lowest BCUT2D eigenvalue weighted by molar-refractivity contribution is 0.0731. The van der Waals surface area contributed by atoms with Gasteiger partial charge in [-0.15, -0.1) is 11.8 Å². The van der Waals surface area contributed by atoms with Gasteiger partial charge < -0.3 is 10.4 Å². The molecule has 0 saturated heterocycles. The molecule has 1 atom stereocenters. The number of nitrogens with one attached hydrogen (secondary N) is 1. The minimum atomic E-state index is -0.631. The van der Waals surface area contributed by atoms with Crippen LogP contribution in [0.25, 0.3) is 0 Å². The summed E-state index contributed by atoms with van der Waals surface area (Å²) in [6.07, 6.45) is 1.85. The summed E-state index contributed by atoms with van der Waals surface area (Å²) in [6.45, 7) is 3.59. The molecule has 1 heterocycles. The Morgan fingerprint density at radius 2 is 2.33 bits per heavy atom. The molecular formula is C6H11NOS. The quantitative estimate of drug-likeness (QED) is 0.574. The van der Waals surface area contributed by atoms with Crippen molar-refractivity contribution in [2.24, 2.45) is 0 Å². The highest BCUT2D eigenvalue weighted by atomic mass is 32.2. The Kier molecular flexibility index (Phi) is 1.73. The van der Waals surface area contributed by atoms with E-state index in [1.807, 2.05) is 11.6 Å². The van der Waals surface area contributed by atoms with Crippen LogP contribution in [0.3, 0.4) is 0 Å². The number of hydrogen-bond donors (Lipinski definition) is 2. The SMILES string of the molecule is CC(C)(O)C1NC=CS1. The summed E-state index contributed by atoms with van der Waals surface area (Å²) in [5.74, 6) is 0. The van der Waals surface area contributed by atoms with Crippen molar-refractivity contribution in [3.05, 3.63) is 11.6 Å². The first-order valence-electron chi connectivity index (χ1n) is 2.89. The van der Waals surface area contributed by atoms with Gasteiger partial charge in [0.1, 0.15) is 5.37 Å². The zero-order valence-electron chi connectivity index (χ0n) is 5.59. The molecule has 0 aromatic carbocycles. The van der Waals surface area contributed by atoms with Crippen LogP contribution in [0.2, 0.25) is 0 Å². The predicted octanol–water partition coefficient (Wildman–Crippen LogP) is 0.891. The van der Waals surface area contributed by atoms with Crippen molar-refractivity contribution < 1.29 is 5.11 Å². The van der Waals surface area contributed by atoms with E-state index in [4.69, 9.17) is 0 Å². The molecule has 0 radical (unpaired) electrons. The van der Waals surface area contributed by atoms with Crippen LogP contribution < -0.4 is 5.32 Å². The monoisotopic (exact) mass is 145 g/mol. The molecule has 1 aliphatic heterocycles. The second-order valence-electron chi connectivity index (χ2n) is 2.64. The highest BCUT2D eigenvalue weighted by Crippen LogP contribution is 2.24. The molecule has 0 aliphatic carbocycles. The summed E-state index contributed by atoms with van der Waals surface area (Å²) < 4.78 is 0. The van der Waals surface area contributed by atoms with Gasteiger partial charge in [0.25, 0.3) is 0 Å². The van der Waals surface area contributed by atoms with Crippen molar-refractivity contribution in [2.75, 3.05) is 0 Å². The molecule has 2 nitrogen and oxygen atoms in total. The van der Waals surface area contributed by atoms with Gasteiger partial charge in [-0.2, -0.15) is 0 Å². The Balaban J connectivity index is 2.46. The van der Waals surface area contributed by atoms with E-state index in [9.17, 15) is 5.11 Å². The lowest BCUT2D eigenvalue weighted by Crippen LogP contribution is -2.39. The van der Waals surface area contributed by atoms with Crippen LogP contribution >= 0.6 is 11.8 Å². The third-order valence-electron chi connectivity index (χ3n) is 1.17. The Labute approximate surface area is 59.3 Å². The maximum atomic E-state index is 9.39. The number of hydrogen-bond acceptors (Lipinski definition) is 3. The van der Waals surface area contributed by atoms with Crippen LogP contribution in [-0.4, -0.2) is 16.1 Å². The predicted molar refractivity (Wildman–Crippen MR) is 40.0 cm³/mol. The molecule has 0 amide bonds. The summed E-state index contributed by atoms with van der Waals surface area (Å²) in [6, 6.07) is 0. The second kappa shape index (κ2) is 2.23. The maximum Gasteiger partial charge on any atom is 0.104 e. The van der Waals surface area contributed by atoms with Gasteiger partial charge in [0.2, 0.25) is 0 Å². The molecule has 1 aliphatic rings. The fourth-order valence-corrected chi connectivity index (χ4v) is 1.46. The largest absolute Gasteiger partial charge is 0.387 e. The molecule has 3 heteroatoms. The van der Waals surface area contributed by atoms with Gasteiger partial charge in [-0.3, -0.25) is 0 Å². The topological polar surface area (TPSA) is 32.3 Å². The molecule has 0 aromatic rings.